The van der Waals surface area contributed by atoms with Gasteiger partial charge in [-0.15, -0.1) is 24.0 Å². The zero-order valence-corrected chi connectivity index (χ0v) is 17.9. The van der Waals surface area contributed by atoms with Gasteiger partial charge in [-0.3, -0.25) is 0 Å². The van der Waals surface area contributed by atoms with Crippen molar-refractivity contribution in [2.24, 2.45) is 4.99 Å². The number of nitrogens with one attached hydrogen (secondary N) is 2. The molecule has 0 bridgehead atoms. The van der Waals surface area contributed by atoms with E-state index in [2.05, 4.69) is 20.6 Å². The minimum absolute atomic E-state index is 0. The van der Waals surface area contributed by atoms with E-state index in [0.717, 1.165) is 11.3 Å². The van der Waals surface area contributed by atoms with Crippen molar-refractivity contribution in [3.05, 3.63) is 47.5 Å². The van der Waals surface area contributed by atoms with Crippen LogP contribution in [0, 0.1) is 6.92 Å². The van der Waals surface area contributed by atoms with E-state index in [4.69, 9.17) is 9.15 Å². The van der Waals surface area contributed by atoms with Crippen molar-refractivity contribution in [3.63, 3.8) is 0 Å². The SMILES string of the molecule is CCNC(=NCc1ccnc(OC)c1)NCC(C)(O)c1ccc(C)o1.I. The molecule has 2 rings (SSSR count). The molecule has 7 nitrogen and oxygen atoms in total. The first kappa shape index (κ1) is 22.2. The second-order valence-corrected chi connectivity index (χ2v) is 5.94. The van der Waals surface area contributed by atoms with Gasteiger partial charge in [-0.25, -0.2) is 9.98 Å². The molecule has 2 aromatic heterocycles. The summed E-state index contributed by atoms with van der Waals surface area (Å²) in [5, 5.41) is 16.9. The highest BCUT2D eigenvalue weighted by atomic mass is 127. The maximum atomic E-state index is 10.6. The first-order valence-electron chi connectivity index (χ1n) is 8.25. The highest BCUT2D eigenvalue weighted by Crippen LogP contribution is 2.21. The molecule has 0 aromatic carbocycles. The monoisotopic (exact) mass is 474 g/mol. The summed E-state index contributed by atoms with van der Waals surface area (Å²) in [6.07, 6.45) is 1.69. The van der Waals surface area contributed by atoms with Crippen LogP contribution in [0.25, 0.3) is 0 Å². The van der Waals surface area contributed by atoms with Gasteiger partial charge in [0.05, 0.1) is 20.2 Å². The van der Waals surface area contributed by atoms with E-state index in [9.17, 15) is 5.11 Å². The molecule has 0 aliphatic rings. The lowest BCUT2D eigenvalue weighted by atomic mass is 10.0. The van der Waals surface area contributed by atoms with Gasteiger partial charge in [0.15, 0.2) is 5.96 Å². The molecule has 0 aliphatic carbocycles. The number of nitrogens with zero attached hydrogens (tertiary/aromatic N) is 2. The fourth-order valence-electron chi connectivity index (χ4n) is 2.24. The molecule has 0 fully saturated rings. The average Bonchev–Trinajstić information content (AvgIpc) is 3.05. The van der Waals surface area contributed by atoms with E-state index in [1.165, 1.54) is 0 Å². The number of rotatable bonds is 7. The van der Waals surface area contributed by atoms with Gasteiger partial charge in [-0.05, 0) is 44.5 Å². The number of aryl methyl sites for hydroxylation is 1. The van der Waals surface area contributed by atoms with Gasteiger partial charge in [0.1, 0.15) is 17.1 Å². The number of pyridine rings is 1. The fourth-order valence-corrected chi connectivity index (χ4v) is 2.24. The van der Waals surface area contributed by atoms with Gasteiger partial charge in [0.25, 0.3) is 0 Å². The van der Waals surface area contributed by atoms with Crippen molar-refractivity contribution in [3.8, 4) is 5.88 Å². The highest BCUT2D eigenvalue weighted by Gasteiger charge is 2.27. The first-order chi connectivity index (χ1) is 11.9. The summed E-state index contributed by atoms with van der Waals surface area (Å²) in [4.78, 5) is 8.61. The van der Waals surface area contributed by atoms with E-state index in [1.807, 2.05) is 32.0 Å². The molecule has 2 heterocycles. The summed E-state index contributed by atoms with van der Waals surface area (Å²) in [6, 6.07) is 7.34. The Morgan fingerprint density at radius 1 is 1.35 bits per heavy atom. The van der Waals surface area contributed by atoms with Crippen molar-refractivity contribution >= 4 is 29.9 Å². The quantitative estimate of drug-likeness (QED) is 0.325. The number of hydrogen-bond acceptors (Lipinski definition) is 5. The summed E-state index contributed by atoms with van der Waals surface area (Å²) in [5.74, 6) is 2.46. The molecule has 3 N–H and O–H groups in total. The predicted octanol–water partition coefficient (Wildman–Crippen LogP) is 2.57. The van der Waals surface area contributed by atoms with Crippen LogP contribution in [0.4, 0.5) is 0 Å². The summed E-state index contributed by atoms with van der Waals surface area (Å²) >= 11 is 0. The van der Waals surface area contributed by atoms with Crippen LogP contribution in [0.5, 0.6) is 5.88 Å². The Hall–Kier alpha value is -1.81. The largest absolute Gasteiger partial charge is 0.481 e. The molecule has 0 saturated carbocycles. The lowest BCUT2D eigenvalue weighted by Gasteiger charge is -2.22. The van der Waals surface area contributed by atoms with Gasteiger partial charge >= 0.3 is 0 Å². The molecule has 26 heavy (non-hydrogen) atoms. The van der Waals surface area contributed by atoms with Crippen LogP contribution < -0.4 is 15.4 Å². The van der Waals surface area contributed by atoms with Crippen LogP contribution in [0.3, 0.4) is 0 Å². The van der Waals surface area contributed by atoms with E-state index < -0.39 is 5.60 Å². The molecule has 1 unspecified atom stereocenters. The normalized spacial score (nSPS) is 13.5. The fraction of sp³-hybridized carbons (Fsp3) is 0.444. The Morgan fingerprint density at radius 3 is 2.73 bits per heavy atom. The van der Waals surface area contributed by atoms with Gasteiger partial charge in [0, 0.05) is 18.8 Å². The van der Waals surface area contributed by atoms with Crippen LogP contribution in [0.2, 0.25) is 0 Å². The molecule has 144 valence electrons. The van der Waals surface area contributed by atoms with Gasteiger partial charge in [-0.2, -0.15) is 0 Å². The number of aromatic nitrogens is 1. The standard InChI is InChI=1S/C18H26N4O3.HI/c1-5-19-17(21-11-14-8-9-20-16(10-14)24-4)22-12-18(3,23)15-7-6-13(2)25-15;/h6-10,23H,5,11-12H2,1-4H3,(H2,19,21,22);1H. The van der Waals surface area contributed by atoms with E-state index in [0.29, 0.717) is 30.7 Å². The predicted molar refractivity (Wildman–Crippen MR) is 112 cm³/mol. The lowest BCUT2D eigenvalue weighted by molar-refractivity contribution is 0.0378. The van der Waals surface area contributed by atoms with Crippen LogP contribution in [0.1, 0.15) is 30.9 Å². The third kappa shape index (κ3) is 6.49. The Bertz CT molecular complexity index is 716. The second kappa shape index (κ2) is 10.4. The van der Waals surface area contributed by atoms with Crippen LogP contribution in [-0.2, 0) is 12.1 Å². The summed E-state index contributed by atoms with van der Waals surface area (Å²) in [7, 11) is 1.58. The summed E-state index contributed by atoms with van der Waals surface area (Å²) < 4.78 is 10.6. The third-order valence-corrected chi connectivity index (χ3v) is 3.64. The number of guanidine groups is 1. The Labute approximate surface area is 171 Å². The van der Waals surface area contributed by atoms with Crippen molar-refractivity contribution in [2.45, 2.75) is 32.9 Å². The van der Waals surface area contributed by atoms with E-state index >= 15 is 0 Å². The minimum atomic E-state index is -1.13. The topological polar surface area (TPSA) is 91.9 Å². The zero-order chi connectivity index (χ0) is 18.3. The van der Waals surface area contributed by atoms with Crippen molar-refractivity contribution in [1.82, 2.24) is 15.6 Å². The number of aliphatic imine (C=N–C) groups is 1. The Kier molecular flexibility index (Phi) is 8.86. The molecule has 1 atom stereocenters. The molecule has 0 saturated heterocycles. The van der Waals surface area contributed by atoms with E-state index in [1.54, 1.807) is 26.3 Å². The number of halogens is 1. The first-order valence-corrected chi connectivity index (χ1v) is 8.25. The molecule has 0 aliphatic heterocycles. The van der Waals surface area contributed by atoms with Gasteiger partial charge < -0.3 is 24.9 Å². The number of furan rings is 1. The highest BCUT2D eigenvalue weighted by molar-refractivity contribution is 14.0. The smallest absolute Gasteiger partial charge is 0.213 e. The molecule has 2 aromatic rings. The second-order valence-electron chi connectivity index (χ2n) is 5.94. The van der Waals surface area contributed by atoms with Crippen molar-refractivity contribution in [2.75, 3.05) is 20.2 Å². The third-order valence-electron chi connectivity index (χ3n) is 3.64. The molecular weight excluding hydrogens is 447 g/mol. The molecule has 0 spiro atoms. The van der Waals surface area contributed by atoms with Crippen molar-refractivity contribution < 1.29 is 14.3 Å². The molecule has 0 radical (unpaired) electrons. The van der Waals surface area contributed by atoms with E-state index in [-0.39, 0.29) is 30.5 Å². The summed E-state index contributed by atoms with van der Waals surface area (Å²) in [6.45, 7) is 6.99. The maximum Gasteiger partial charge on any atom is 0.213 e. The van der Waals surface area contributed by atoms with Gasteiger partial charge in [0.2, 0.25) is 5.88 Å². The van der Waals surface area contributed by atoms with Gasteiger partial charge in [-0.1, -0.05) is 0 Å². The minimum Gasteiger partial charge on any atom is -0.481 e. The molecular formula is C18H27IN4O3. The Balaban J connectivity index is 0.00000338. The average molecular weight is 474 g/mol. The zero-order valence-electron chi connectivity index (χ0n) is 15.6. The van der Waals surface area contributed by atoms with Crippen LogP contribution in [-0.4, -0.2) is 36.2 Å². The molecule has 0 amide bonds. The Morgan fingerprint density at radius 2 is 2.12 bits per heavy atom. The summed E-state index contributed by atoms with van der Waals surface area (Å²) in [5.41, 5.74) is -0.151. The number of methoxy groups -OCH3 is 1. The van der Waals surface area contributed by atoms with Crippen LogP contribution in [0.15, 0.2) is 39.9 Å². The number of ether oxygens (including phenoxy) is 1. The number of aliphatic hydroxyl groups is 1. The van der Waals surface area contributed by atoms with Crippen LogP contribution >= 0.6 is 24.0 Å². The lowest BCUT2D eigenvalue weighted by Crippen LogP contribution is -2.44. The molecule has 8 heteroatoms. The van der Waals surface area contributed by atoms with Crippen molar-refractivity contribution in [1.29, 1.82) is 0 Å². The maximum absolute atomic E-state index is 10.6. The number of hydrogen-bond donors (Lipinski definition) is 3.